The van der Waals surface area contributed by atoms with Gasteiger partial charge in [-0.1, -0.05) is 6.07 Å². The summed E-state index contributed by atoms with van der Waals surface area (Å²) in [5, 5.41) is 7.91. The maximum absolute atomic E-state index is 12.6. The van der Waals surface area contributed by atoms with E-state index >= 15 is 0 Å². The Balaban J connectivity index is 2.20. The number of nitrogens with one attached hydrogen (secondary N) is 2. The number of hydrogen-bond donors (Lipinski definition) is 2. The number of amides is 1. The molecule has 1 unspecified atom stereocenters. The minimum atomic E-state index is -3.45. The molecule has 1 fully saturated rings. The molecule has 1 aliphatic heterocycles. The number of thiophene rings is 1. The lowest BCUT2D eigenvalue weighted by molar-refractivity contribution is -0.125. The van der Waals surface area contributed by atoms with Crippen LogP contribution in [0.3, 0.4) is 0 Å². The van der Waals surface area contributed by atoms with E-state index in [4.69, 9.17) is 0 Å². The molecule has 0 saturated carbocycles. The second-order valence-corrected chi connectivity index (χ2v) is 8.53. The van der Waals surface area contributed by atoms with Crippen molar-refractivity contribution >= 4 is 27.1 Å². The van der Waals surface area contributed by atoms with Crippen molar-refractivity contribution in [1.82, 2.24) is 10.6 Å². The molecule has 1 aromatic heterocycles. The van der Waals surface area contributed by atoms with E-state index in [-0.39, 0.29) is 11.9 Å². The van der Waals surface area contributed by atoms with E-state index in [0.717, 1.165) is 11.1 Å². The number of carbonyl (C=O) groups excluding carboxylic acids is 1. The van der Waals surface area contributed by atoms with Gasteiger partial charge in [-0.15, -0.1) is 11.3 Å². The topological polar surface area (TPSA) is 75.3 Å². The molecule has 1 atom stereocenters. The number of rotatable bonds is 4. The van der Waals surface area contributed by atoms with Crippen molar-refractivity contribution in [2.24, 2.45) is 0 Å². The predicted molar refractivity (Wildman–Crippen MR) is 80.6 cm³/mol. The van der Waals surface area contributed by atoms with Gasteiger partial charge in [0.25, 0.3) is 0 Å². The summed E-state index contributed by atoms with van der Waals surface area (Å²) in [6.45, 7) is 2.97. The quantitative estimate of drug-likeness (QED) is 0.872. The van der Waals surface area contributed by atoms with Crippen LogP contribution in [0.4, 0.5) is 0 Å². The molecule has 0 aromatic carbocycles. The number of piperidine rings is 1. The molecule has 2 heterocycles. The minimum Gasteiger partial charge on any atom is -0.347 e. The van der Waals surface area contributed by atoms with E-state index < -0.39 is 14.6 Å². The van der Waals surface area contributed by atoms with Crippen molar-refractivity contribution in [3.63, 3.8) is 0 Å². The molecule has 1 saturated heterocycles. The van der Waals surface area contributed by atoms with Crippen LogP contribution in [-0.4, -0.2) is 38.4 Å². The van der Waals surface area contributed by atoms with Crippen LogP contribution < -0.4 is 10.6 Å². The van der Waals surface area contributed by atoms with Crippen LogP contribution in [0.25, 0.3) is 0 Å². The molecule has 0 aliphatic carbocycles. The Hall–Kier alpha value is -0.920. The third kappa shape index (κ3) is 2.89. The lowest BCUT2D eigenvalue weighted by Gasteiger charge is -2.35. The van der Waals surface area contributed by atoms with Gasteiger partial charge in [0.1, 0.15) is 0 Å². The Morgan fingerprint density at radius 3 is 2.60 bits per heavy atom. The van der Waals surface area contributed by atoms with Crippen molar-refractivity contribution in [3.05, 3.63) is 22.4 Å². The van der Waals surface area contributed by atoms with Gasteiger partial charge in [0.05, 0.1) is 6.04 Å². The van der Waals surface area contributed by atoms with E-state index in [1.54, 1.807) is 11.3 Å². The van der Waals surface area contributed by atoms with Crippen molar-refractivity contribution in [2.75, 3.05) is 19.3 Å². The van der Waals surface area contributed by atoms with E-state index in [0.29, 0.717) is 25.9 Å². The highest BCUT2D eigenvalue weighted by atomic mass is 32.2. The Morgan fingerprint density at radius 2 is 2.10 bits per heavy atom. The second-order valence-electron chi connectivity index (χ2n) is 5.23. The van der Waals surface area contributed by atoms with Crippen molar-refractivity contribution in [2.45, 2.75) is 30.6 Å². The first-order valence-corrected chi connectivity index (χ1v) is 9.38. The zero-order valence-electron chi connectivity index (χ0n) is 11.7. The van der Waals surface area contributed by atoms with Gasteiger partial charge in [-0.25, -0.2) is 8.42 Å². The molecule has 5 nitrogen and oxygen atoms in total. The van der Waals surface area contributed by atoms with Crippen LogP contribution >= 0.6 is 11.3 Å². The molecule has 0 spiro atoms. The van der Waals surface area contributed by atoms with Crippen molar-refractivity contribution in [1.29, 1.82) is 0 Å². The fourth-order valence-electron chi connectivity index (χ4n) is 2.53. The molecule has 2 N–H and O–H groups in total. The minimum absolute atomic E-state index is 0.170. The first-order valence-electron chi connectivity index (χ1n) is 6.61. The van der Waals surface area contributed by atoms with Crippen molar-refractivity contribution in [3.8, 4) is 0 Å². The normalized spacial score (nSPS) is 20.3. The molecule has 0 radical (unpaired) electrons. The van der Waals surface area contributed by atoms with Gasteiger partial charge in [-0.05, 0) is 44.3 Å². The summed E-state index contributed by atoms with van der Waals surface area (Å²) < 4.78 is 23.0. The summed E-state index contributed by atoms with van der Waals surface area (Å²) in [5.74, 6) is -0.373. The number of hydrogen-bond acceptors (Lipinski definition) is 5. The lowest BCUT2D eigenvalue weighted by Crippen LogP contribution is -2.57. The van der Waals surface area contributed by atoms with Crippen LogP contribution in [0.1, 0.15) is 30.7 Å². The first kappa shape index (κ1) is 15.5. The van der Waals surface area contributed by atoms with Gasteiger partial charge >= 0.3 is 0 Å². The van der Waals surface area contributed by atoms with Gasteiger partial charge in [0, 0.05) is 11.1 Å². The molecular weight excluding hydrogens is 296 g/mol. The van der Waals surface area contributed by atoms with Crippen LogP contribution in [-0.2, 0) is 14.6 Å². The van der Waals surface area contributed by atoms with E-state index in [2.05, 4.69) is 10.6 Å². The van der Waals surface area contributed by atoms with Gasteiger partial charge < -0.3 is 10.6 Å². The third-order valence-electron chi connectivity index (χ3n) is 3.85. The lowest BCUT2D eigenvalue weighted by atomic mass is 9.95. The SMILES string of the molecule is CC(NC(=O)C1(S(C)(=O)=O)CCNCC1)c1cccs1. The van der Waals surface area contributed by atoms with E-state index in [9.17, 15) is 13.2 Å². The molecule has 20 heavy (non-hydrogen) atoms. The highest BCUT2D eigenvalue weighted by Gasteiger charge is 2.48. The van der Waals surface area contributed by atoms with Crippen LogP contribution in [0, 0.1) is 0 Å². The summed E-state index contributed by atoms with van der Waals surface area (Å²) in [6, 6.07) is 3.68. The third-order valence-corrected chi connectivity index (χ3v) is 6.92. The maximum atomic E-state index is 12.6. The van der Waals surface area contributed by atoms with Crippen LogP contribution in [0.15, 0.2) is 17.5 Å². The smallest absolute Gasteiger partial charge is 0.242 e. The van der Waals surface area contributed by atoms with E-state index in [1.165, 1.54) is 0 Å². The first-order chi connectivity index (χ1) is 9.37. The van der Waals surface area contributed by atoms with Gasteiger partial charge in [0.15, 0.2) is 14.6 Å². The standard InChI is InChI=1S/C13H20N2O3S2/c1-10(11-4-3-9-19-11)15-12(16)13(20(2,17)18)5-7-14-8-6-13/h3-4,9-10,14H,5-8H2,1-2H3,(H,15,16). The summed E-state index contributed by atoms with van der Waals surface area (Å²) >= 11 is 1.55. The maximum Gasteiger partial charge on any atom is 0.242 e. The average Bonchev–Trinajstić information content (AvgIpc) is 2.92. The summed E-state index contributed by atoms with van der Waals surface area (Å²) in [4.78, 5) is 13.6. The molecule has 1 aliphatic rings. The largest absolute Gasteiger partial charge is 0.347 e. The van der Waals surface area contributed by atoms with E-state index in [1.807, 2.05) is 24.4 Å². The Kier molecular flexibility index (Phi) is 4.51. The highest BCUT2D eigenvalue weighted by molar-refractivity contribution is 7.92. The summed E-state index contributed by atoms with van der Waals surface area (Å²) in [6.07, 6.45) is 1.82. The predicted octanol–water partition coefficient (Wildman–Crippen LogP) is 1.09. The van der Waals surface area contributed by atoms with Crippen molar-refractivity contribution < 1.29 is 13.2 Å². The summed E-state index contributed by atoms with van der Waals surface area (Å²) in [7, 11) is -3.45. The van der Waals surface area contributed by atoms with Crippen LogP contribution in [0.5, 0.6) is 0 Å². The summed E-state index contributed by atoms with van der Waals surface area (Å²) in [5.41, 5.74) is 0. The highest BCUT2D eigenvalue weighted by Crippen LogP contribution is 2.29. The zero-order valence-corrected chi connectivity index (χ0v) is 13.3. The van der Waals surface area contributed by atoms with Gasteiger partial charge in [0.2, 0.25) is 5.91 Å². The van der Waals surface area contributed by atoms with Gasteiger partial charge in [-0.3, -0.25) is 4.79 Å². The fraction of sp³-hybridized carbons (Fsp3) is 0.615. The van der Waals surface area contributed by atoms with Gasteiger partial charge in [-0.2, -0.15) is 0 Å². The molecule has 1 amide bonds. The Morgan fingerprint density at radius 1 is 1.45 bits per heavy atom. The average molecular weight is 316 g/mol. The van der Waals surface area contributed by atoms with Crippen LogP contribution in [0.2, 0.25) is 0 Å². The zero-order chi connectivity index (χ0) is 14.8. The molecule has 1 aromatic rings. The number of sulfone groups is 1. The molecule has 0 bridgehead atoms. The molecule has 7 heteroatoms. The molecular formula is C13H20N2O3S2. The molecule has 112 valence electrons. The molecule has 2 rings (SSSR count). The number of carbonyl (C=O) groups is 1. The Labute approximate surface area is 123 Å². The fourth-order valence-corrected chi connectivity index (χ4v) is 4.61. The Bertz CT molecular complexity index is 560. The second kappa shape index (κ2) is 5.83. The monoisotopic (exact) mass is 316 g/mol.